The van der Waals surface area contributed by atoms with E-state index < -0.39 is 121 Å². The molecular weight excluding hydrogens is 1180 g/mol. The van der Waals surface area contributed by atoms with Crippen molar-refractivity contribution in [3.63, 3.8) is 0 Å². The molecule has 0 saturated carbocycles. The van der Waals surface area contributed by atoms with E-state index in [9.17, 15) is 78.0 Å². The molecule has 0 aliphatic carbocycles. The summed E-state index contributed by atoms with van der Waals surface area (Å²) in [6.45, 7) is 0.0449. The highest BCUT2D eigenvalue weighted by Crippen LogP contribution is 2.19. The van der Waals surface area contributed by atoms with Crippen molar-refractivity contribution in [1.29, 1.82) is 0 Å². The van der Waals surface area contributed by atoms with Crippen molar-refractivity contribution in [2.45, 2.75) is 101 Å². The second kappa shape index (κ2) is 35.4. The Kier molecular flexibility index (Phi) is 27.3. The van der Waals surface area contributed by atoms with E-state index in [-0.39, 0.29) is 92.4 Å². The van der Waals surface area contributed by atoms with Crippen molar-refractivity contribution in [2.75, 3.05) is 55.2 Å². The molecule has 9 amide bonds. The Bertz CT molecular complexity index is 3370. The van der Waals surface area contributed by atoms with E-state index in [1.54, 1.807) is 36.4 Å². The van der Waals surface area contributed by atoms with E-state index >= 15 is 0 Å². The minimum absolute atomic E-state index is 0.00955. The summed E-state index contributed by atoms with van der Waals surface area (Å²) in [5.74, 6) is -13.1. The van der Waals surface area contributed by atoms with Crippen molar-refractivity contribution < 1.29 is 78.0 Å². The lowest BCUT2D eigenvalue weighted by atomic mass is 10.1. The summed E-state index contributed by atoms with van der Waals surface area (Å²) in [6, 6.07) is 11.2. The number of unbranched alkanes of at least 4 members (excludes halogenated alkanes) is 3. The molecule has 0 aliphatic rings. The van der Waals surface area contributed by atoms with Crippen LogP contribution in [0.25, 0.3) is 11.2 Å². The van der Waals surface area contributed by atoms with Crippen molar-refractivity contribution in [3.05, 3.63) is 101 Å². The number of nitrogens with one attached hydrogen (secondary N) is 10. The average Bonchev–Trinajstić information content (AvgIpc) is 1.11. The summed E-state index contributed by atoms with van der Waals surface area (Å²) in [7, 11) is 0. The molecule has 2 aromatic heterocycles. The normalized spacial score (nSPS) is 12.1. The molecule has 2 heterocycles. The number of aromatic nitrogens is 4. The monoisotopic (exact) mass is 1250 g/mol. The molecule has 4 atom stereocenters. The predicted octanol–water partition coefficient (Wildman–Crippen LogP) is -1.21. The fourth-order valence-electron chi connectivity index (χ4n) is 8.38. The van der Waals surface area contributed by atoms with Gasteiger partial charge in [-0.15, -0.1) is 0 Å². The highest BCUT2D eigenvalue weighted by Gasteiger charge is 2.34. The van der Waals surface area contributed by atoms with Gasteiger partial charge in [-0.1, -0.05) is 0 Å². The average molecular weight is 1250 g/mol. The molecule has 33 nitrogen and oxygen atoms in total. The number of carboxylic acid groups (broad SMARTS) is 3. The first-order valence-electron chi connectivity index (χ1n) is 28.2. The minimum Gasteiger partial charge on any atom is -0.492 e. The third-order valence-corrected chi connectivity index (χ3v) is 13.1. The van der Waals surface area contributed by atoms with E-state index in [0.29, 0.717) is 54.1 Å². The summed E-state index contributed by atoms with van der Waals surface area (Å²) < 4.78 is 0. The maximum absolute atomic E-state index is 14.0. The Morgan fingerprint density at radius 3 is 1.42 bits per heavy atom. The van der Waals surface area contributed by atoms with Gasteiger partial charge in [0.15, 0.2) is 11.2 Å². The van der Waals surface area contributed by atoms with Crippen molar-refractivity contribution >= 4 is 105 Å². The fourth-order valence-corrected chi connectivity index (χ4v) is 8.38. The van der Waals surface area contributed by atoms with E-state index in [1.807, 2.05) is 0 Å². The van der Waals surface area contributed by atoms with Gasteiger partial charge in [-0.05, 0) is 118 Å². The molecule has 3 aromatic carbocycles. The maximum Gasteiger partial charge on any atom is 0.305 e. The van der Waals surface area contributed by atoms with Crippen LogP contribution in [0, 0.1) is 0 Å². The second-order valence-electron chi connectivity index (χ2n) is 20.2. The molecule has 5 aromatic rings. The van der Waals surface area contributed by atoms with Crippen LogP contribution in [0.15, 0.2) is 79.0 Å². The number of nitrogens with zero attached hydrogens (tertiary/aromatic N) is 4. The fraction of sp³-hybridized carbons (Fsp3) is 0.368. The van der Waals surface area contributed by atoms with Gasteiger partial charge in [0.25, 0.3) is 17.7 Å². The Labute approximate surface area is 513 Å². The van der Waals surface area contributed by atoms with E-state index in [4.69, 9.17) is 17.2 Å². The lowest BCUT2D eigenvalue weighted by Crippen LogP contribution is -2.59. The third-order valence-electron chi connectivity index (χ3n) is 13.1. The number of hydrogen-bond acceptors (Lipinski definition) is 21. The number of rotatable bonds is 37. The van der Waals surface area contributed by atoms with Crippen molar-refractivity contribution in [2.24, 2.45) is 0 Å². The van der Waals surface area contributed by atoms with Gasteiger partial charge < -0.3 is 90.8 Å². The Balaban J connectivity index is 1.14. The Morgan fingerprint density at radius 1 is 0.456 bits per heavy atom. The van der Waals surface area contributed by atoms with Crippen LogP contribution < -0.4 is 70.4 Å². The van der Waals surface area contributed by atoms with Crippen LogP contribution in [-0.2, 0) is 49.7 Å². The van der Waals surface area contributed by atoms with Crippen LogP contribution in [-0.4, -0.2) is 168 Å². The molecular formula is C57H71N17O16. The quantitative estimate of drug-likeness (QED) is 0.0164. The van der Waals surface area contributed by atoms with Crippen LogP contribution >= 0.6 is 0 Å². The van der Waals surface area contributed by atoms with Gasteiger partial charge in [-0.25, -0.2) is 9.97 Å². The minimum atomic E-state index is -2.04. The van der Waals surface area contributed by atoms with Gasteiger partial charge in [0.2, 0.25) is 47.3 Å². The van der Waals surface area contributed by atoms with Crippen LogP contribution in [0.4, 0.5) is 23.0 Å². The van der Waals surface area contributed by atoms with Crippen molar-refractivity contribution in [3.8, 4) is 5.88 Å². The summed E-state index contributed by atoms with van der Waals surface area (Å²) in [4.78, 5) is 170. The molecule has 0 saturated heterocycles. The van der Waals surface area contributed by atoms with Crippen LogP contribution in [0.3, 0.4) is 0 Å². The van der Waals surface area contributed by atoms with Gasteiger partial charge in [0.05, 0.1) is 44.2 Å². The topological polar surface area (TPSA) is 536 Å². The van der Waals surface area contributed by atoms with Crippen LogP contribution in [0.5, 0.6) is 5.88 Å². The van der Waals surface area contributed by atoms with Gasteiger partial charge in [0, 0.05) is 66.4 Å². The molecule has 0 bridgehead atoms. The van der Waals surface area contributed by atoms with E-state index in [2.05, 4.69) is 73.1 Å². The molecule has 20 N–H and O–H groups in total. The first kappa shape index (κ1) is 69.5. The standard InChI is InChI=1S/C57H71N17O16/c58-34-15-9-31(10-16-34)49(83)62-22-4-1-3-21-61-43(76)30-67-52(86)39(25-44(77)78)71-53(87)38(7-2-5-23-63-50(84)32-11-17-35(59)18-12-32)70-55(89)41(27-46(81)82)72-54(88)40(26-45(79)80)69-42(75)8-6-24-64-51(85)33-13-19-36(20-14-33)65-28-37-29-66-48-47(68-37)56(90)74-57(60)73-48/h9-20,29,38-41,65H,1-8,21-28,30,58-59H2,(H,61,76)(H,62,83)(H,63,84)(H,64,85)(H,67,86)(H,69,75)(H,70,89)(H,71,87)(H,72,88)(H,77,78)(H,79,80)(H,81,82)(H3,60,66,73,74,90)/t38-,39-,40?,41+/m0/s1. The summed E-state index contributed by atoms with van der Waals surface area (Å²) in [5.41, 5.74) is 20.0. The number of nitrogen functional groups attached to an aromatic ring is 3. The molecule has 90 heavy (non-hydrogen) atoms. The van der Waals surface area contributed by atoms with Crippen LogP contribution in [0.1, 0.15) is 107 Å². The molecule has 0 spiro atoms. The Hall–Kier alpha value is -11.3. The van der Waals surface area contributed by atoms with E-state index in [0.717, 1.165) is 0 Å². The lowest BCUT2D eigenvalue weighted by molar-refractivity contribution is -0.143. The van der Waals surface area contributed by atoms with Gasteiger partial charge >= 0.3 is 17.9 Å². The number of anilines is 4. The number of aromatic hydroxyl groups is 1. The van der Waals surface area contributed by atoms with E-state index in [1.165, 1.54) is 42.6 Å². The number of carboxylic acids is 3. The number of carbonyl (C=O) groups excluding carboxylic acids is 9. The molecule has 5 rings (SSSR count). The summed E-state index contributed by atoms with van der Waals surface area (Å²) in [6.07, 6.45) is -0.557. The summed E-state index contributed by atoms with van der Waals surface area (Å²) >= 11 is 0. The SMILES string of the molecule is Nc1ccc(C(=O)NCCCCCNC(=O)CNC(=O)[C@H](CC(=O)O)NC(=O)[C@H](CCCCNC(=O)c2ccc(N)cc2)NC(=O)[C@@H](CC(=O)O)NC(=O)C(CC(=O)O)NC(=O)CCCNC(=O)c2ccc(NCc3cnc4nc(N)nc(O)c4n3)cc2)cc1. The molecule has 1 unspecified atom stereocenters. The number of carbonyl (C=O) groups is 12. The predicted molar refractivity (Wildman–Crippen MR) is 321 cm³/mol. The maximum atomic E-state index is 14.0. The number of fused-ring (bicyclic) bond motifs is 1. The third kappa shape index (κ3) is 24.2. The Morgan fingerprint density at radius 2 is 0.900 bits per heavy atom. The zero-order valence-electron chi connectivity index (χ0n) is 48.5. The largest absolute Gasteiger partial charge is 0.492 e. The highest BCUT2D eigenvalue weighted by molar-refractivity contribution is 5.99. The molecule has 0 aliphatic heterocycles. The zero-order valence-corrected chi connectivity index (χ0v) is 48.5. The van der Waals surface area contributed by atoms with Gasteiger partial charge in [-0.3, -0.25) is 57.5 Å². The number of amides is 9. The van der Waals surface area contributed by atoms with Crippen molar-refractivity contribution in [1.82, 2.24) is 67.8 Å². The van der Waals surface area contributed by atoms with Crippen LogP contribution in [0.2, 0.25) is 0 Å². The number of aliphatic carboxylic acids is 3. The number of benzene rings is 3. The highest BCUT2D eigenvalue weighted by atomic mass is 16.4. The second-order valence-corrected chi connectivity index (χ2v) is 20.2. The first-order chi connectivity index (χ1) is 42.9. The summed E-state index contributed by atoms with van der Waals surface area (Å²) in [5, 5.41) is 64.1. The van der Waals surface area contributed by atoms with Gasteiger partial charge in [-0.2, -0.15) is 9.97 Å². The smallest absolute Gasteiger partial charge is 0.305 e. The molecule has 480 valence electrons. The zero-order chi connectivity index (χ0) is 65.7. The molecule has 33 heteroatoms. The number of hydrogen-bond donors (Lipinski definition) is 17. The molecule has 0 fully saturated rings. The number of nitrogens with two attached hydrogens (primary N) is 3. The first-order valence-corrected chi connectivity index (χ1v) is 28.2. The lowest BCUT2D eigenvalue weighted by Gasteiger charge is -2.25. The molecule has 0 radical (unpaired) electrons. The van der Waals surface area contributed by atoms with Gasteiger partial charge in [0.1, 0.15) is 24.2 Å².